The molecule has 0 radical (unpaired) electrons. The summed E-state index contributed by atoms with van der Waals surface area (Å²) in [5, 5.41) is 47.7. The third-order valence-corrected chi connectivity index (χ3v) is 7.52. The summed E-state index contributed by atoms with van der Waals surface area (Å²) in [5.74, 6) is 0.215. The number of aromatic hydroxyl groups is 3. The van der Waals surface area contributed by atoms with Crippen molar-refractivity contribution in [1.29, 1.82) is 0 Å². The molecule has 0 spiro atoms. The Kier molecular flexibility index (Phi) is 17.3. The van der Waals surface area contributed by atoms with Gasteiger partial charge in [-0.3, -0.25) is 19.3 Å². The van der Waals surface area contributed by atoms with E-state index in [0.29, 0.717) is 77.6 Å². The van der Waals surface area contributed by atoms with E-state index in [-0.39, 0.29) is 54.4 Å². The molecule has 3 amide bonds. The quantitative estimate of drug-likeness (QED) is 0.0660. The number of carbonyl (C=O) groups is 3. The molecule has 0 aliphatic rings. The number of phenols is 3. The number of nitrogens with zero attached hydrogens (tertiary/aromatic N) is 1. The summed E-state index contributed by atoms with van der Waals surface area (Å²) in [7, 11) is 0. The van der Waals surface area contributed by atoms with Crippen LogP contribution in [0, 0.1) is 0 Å². The first-order valence-electron chi connectivity index (χ1n) is 16.3. The molecule has 3 rings (SSSR count). The first kappa shape index (κ1) is 37.8. The van der Waals surface area contributed by atoms with Gasteiger partial charge in [0.25, 0.3) is 0 Å². The second-order valence-electron chi connectivity index (χ2n) is 11.2. The largest absolute Gasteiger partial charge is 0.508 e. The molecule has 3 aromatic carbocycles. The Morgan fingerprint density at radius 2 is 0.833 bits per heavy atom. The zero-order valence-corrected chi connectivity index (χ0v) is 27.3. The Morgan fingerprint density at radius 3 is 1.23 bits per heavy atom. The summed E-state index contributed by atoms with van der Waals surface area (Å²) in [4.78, 5) is 39.2. The maximum atomic E-state index is 12.4. The van der Waals surface area contributed by atoms with E-state index in [1.165, 1.54) is 0 Å². The van der Waals surface area contributed by atoms with E-state index in [1.54, 1.807) is 42.5 Å². The van der Waals surface area contributed by atoms with Gasteiger partial charge in [0.15, 0.2) is 0 Å². The zero-order valence-electron chi connectivity index (χ0n) is 27.3. The standard InChI is InChI=1S/C35H49N7O6/c43-30-10-4-1-7-27(30)23-36-15-13-33(46)39-17-20-42(22-19-41-35(48)26-38-25-29-9-3-6-12-32(29)45)21-18-40-34(47)14-16-37-24-28-8-2-5-11-31(28)44/h1-12,36-38,43-45H,13-26H2,(H,39,46)(H,40,47)(H,41,48). The highest BCUT2D eigenvalue weighted by atomic mass is 16.3. The van der Waals surface area contributed by atoms with Gasteiger partial charge in [-0.05, 0) is 18.2 Å². The van der Waals surface area contributed by atoms with Gasteiger partial charge < -0.3 is 47.2 Å². The maximum Gasteiger partial charge on any atom is 0.234 e. The van der Waals surface area contributed by atoms with E-state index < -0.39 is 0 Å². The molecule has 13 heteroatoms. The van der Waals surface area contributed by atoms with Crippen molar-refractivity contribution in [3.05, 3.63) is 89.5 Å². The summed E-state index contributed by atoms with van der Waals surface area (Å²) >= 11 is 0. The van der Waals surface area contributed by atoms with Gasteiger partial charge in [-0.15, -0.1) is 0 Å². The number of para-hydroxylation sites is 3. The van der Waals surface area contributed by atoms with Crippen molar-refractivity contribution in [2.45, 2.75) is 32.5 Å². The lowest BCUT2D eigenvalue weighted by atomic mass is 10.2. The highest BCUT2D eigenvalue weighted by molar-refractivity contribution is 5.78. The molecular formula is C35H49N7O6. The van der Waals surface area contributed by atoms with Crippen molar-refractivity contribution >= 4 is 17.7 Å². The number of carbonyl (C=O) groups excluding carboxylic acids is 3. The molecule has 260 valence electrons. The van der Waals surface area contributed by atoms with Crippen LogP contribution in [0.2, 0.25) is 0 Å². The van der Waals surface area contributed by atoms with Crippen LogP contribution in [0.15, 0.2) is 72.8 Å². The molecule has 0 saturated heterocycles. The molecule has 9 N–H and O–H groups in total. The second kappa shape index (κ2) is 22.0. The zero-order chi connectivity index (χ0) is 34.4. The topological polar surface area (TPSA) is 187 Å². The number of phenolic OH excluding ortho intramolecular Hbond substituents is 3. The van der Waals surface area contributed by atoms with Gasteiger partial charge in [0.05, 0.1) is 6.54 Å². The molecule has 0 unspecified atom stereocenters. The Hall–Kier alpha value is -4.69. The molecule has 3 aromatic rings. The summed E-state index contributed by atoms with van der Waals surface area (Å²) in [6.07, 6.45) is 0.566. The molecule has 0 bridgehead atoms. The lowest BCUT2D eigenvalue weighted by Crippen LogP contribution is -2.44. The Labute approximate surface area is 282 Å². The second-order valence-corrected chi connectivity index (χ2v) is 11.2. The van der Waals surface area contributed by atoms with E-state index in [2.05, 4.69) is 36.8 Å². The number of benzene rings is 3. The van der Waals surface area contributed by atoms with Gasteiger partial charge in [0.2, 0.25) is 17.7 Å². The smallest absolute Gasteiger partial charge is 0.234 e. The van der Waals surface area contributed by atoms with E-state index >= 15 is 0 Å². The Balaban J connectivity index is 1.35. The van der Waals surface area contributed by atoms with Crippen LogP contribution in [0.5, 0.6) is 17.2 Å². The fraction of sp³-hybridized carbons (Fsp3) is 0.400. The SMILES string of the molecule is O=C(CCNCc1ccccc1O)NCCN(CCNC(=O)CCNCc1ccccc1O)CCNC(=O)CNCc1ccccc1O. The van der Waals surface area contributed by atoms with Crippen LogP contribution in [0.1, 0.15) is 29.5 Å². The van der Waals surface area contributed by atoms with Gasteiger partial charge in [-0.1, -0.05) is 54.6 Å². The van der Waals surface area contributed by atoms with Gasteiger partial charge >= 0.3 is 0 Å². The summed E-state index contributed by atoms with van der Waals surface area (Å²) in [5.41, 5.74) is 2.24. The van der Waals surface area contributed by atoms with Crippen molar-refractivity contribution in [2.75, 3.05) is 58.9 Å². The van der Waals surface area contributed by atoms with E-state index in [0.717, 1.165) is 11.1 Å². The predicted molar refractivity (Wildman–Crippen MR) is 184 cm³/mol. The van der Waals surface area contributed by atoms with Gasteiger partial charge in [0.1, 0.15) is 17.2 Å². The van der Waals surface area contributed by atoms with Crippen molar-refractivity contribution in [3.63, 3.8) is 0 Å². The lowest BCUT2D eigenvalue weighted by Gasteiger charge is -2.23. The van der Waals surface area contributed by atoms with Crippen LogP contribution in [-0.2, 0) is 34.0 Å². The van der Waals surface area contributed by atoms with Crippen LogP contribution in [-0.4, -0.2) is 96.8 Å². The first-order valence-corrected chi connectivity index (χ1v) is 16.3. The first-order chi connectivity index (χ1) is 23.3. The minimum absolute atomic E-state index is 0.0936. The van der Waals surface area contributed by atoms with E-state index in [1.807, 2.05) is 30.3 Å². The fourth-order valence-corrected chi connectivity index (χ4v) is 4.78. The molecule has 0 fully saturated rings. The maximum absolute atomic E-state index is 12.4. The minimum Gasteiger partial charge on any atom is -0.508 e. The average molecular weight is 664 g/mol. The third-order valence-electron chi connectivity index (χ3n) is 7.52. The van der Waals surface area contributed by atoms with E-state index in [4.69, 9.17) is 0 Å². The molecular weight excluding hydrogens is 614 g/mol. The minimum atomic E-state index is -0.181. The van der Waals surface area contributed by atoms with Crippen molar-refractivity contribution in [3.8, 4) is 17.2 Å². The monoisotopic (exact) mass is 663 g/mol. The van der Waals surface area contributed by atoms with Crippen molar-refractivity contribution in [2.24, 2.45) is 0 Å². The normalized spacial score (nSPS) is 10.9. The van der Waals surface area contributed by atoms with Crippen LogP contribution in [0.4, 0.5) is 0 Å². The predicted octanol–water partition coefficient (Wildman–Crippen LogP) is 0.903. The van der Waals surface area contributed by atoms with Gasteiger partial charge in [0, 0.05) is 102 Å². The molecule has 0 aliphatic carbocycles. The summed E-state index contributed by atoms with van der Waals surface area (Å²) in [6, 6.07) is 21.0. The van der Waals surface area contributed by atoms with Gasteiger partial charge in [-0.25, -0.2) is 0 Å². The summed E-state index contributed by atoms with van der Waals surface area (Å²) < 4.78 is 0. The number of amides is 3. The third kappa shape index (κ3) is 15.3. The van der Waals surface area contributed by atoms with Crippen LogP contribution >= 0.6 is 0 Å². The molecule has 13 nitrogen and oxygen atoms in total. The summed E-state index contributed by atoms with van der Waals surface area (Å²) in [6.45, 7) is 5.04. The lowest BCUT2D eigenvalue weighted by molar-refractivity contribution is -0.121. The fourth-order valence-electron chi connectivity index (χ4n) is 4.78. The molecule has 0 aliphatic heterocycles. The van der Waals surface area contributed by atoms with Gasteiger partial charge in [-0.2, -0.15) is 0 Å². The Morgan fingerprint density at radius 1 is 0.479 bits per heavy atom. The molecule has 48 heavy (non-hydrogen) atoms. The Bertz CT molecular complexity index is 1350. The van der Waals surface area contributed by atoms with E-state index in [9.17, 15) is 29.7 Å². The number of rotatable bonds is 23. The highest BCUT2D eigenvalue weighted by Crippen LogP contribution is 2.16. The molecule has 0 aromatic heterocycles. The molecule has 0 saturated carbocycles. The van der Waals surface area contributed by atoms with Crippen molar-refractivity contribution < 1.29 is 29.7 Å². The number of hydrogen-bond donors (Lipinski definition) is 9. The molecule has 0 atom stereocenters. The number of nitrogens with one attached hydrogen (secondary N) is 6. The van der Waals surface area contributed by atoms with Crippen molar-refractivity contribution in [1.82, 2.24) is 36.8 Å². The average Bonchev–Trinajstić information content (AvgIpc) is 3.07. The van der Waals surface area contributed by atoms with Crippen LogP contribution < -0.4 is 31.9 Å². The molecule has 0 heterocycles. The highest BCUT2D eigenvalue weighted by Gasteiger charge is 2.10. The van der Waals surface area contributed by atoms with Crippen LogP contribution in [0.25, 0.3) is 0 Å². The number of hydrogen-bond acceptors (Lipinski definition) is 10. The van der Waals surface area contributed by atoms with Crippen LogP contribution in [0.3, 0.4) is 0 Å².